The standard InChI is InChI=1S/C19H21ClN2O3S/c1-14-11-17(20)7-8-18(14)22(26(2,24)25)13-19(23)21-10-9-15-5-3-4-6-16(15)12-21/h3-8,11H,9-10,12-13H2,1-2H3. The van der Waals surface area contributed by atoms with Gasteiger partial charge < -0.3 is 4.90 Å². The van der Waals surface area contributed by atoms with Gasteiger partial charge in [0.2, 0.25) is 15.9 Å². The van der Waals surface area contributed by atoms with Crippen molar-refractivity contribution >= 4 is 33.2 Å². The average molecular weight is 393 g/mol. The topological polar surface area (TPSA) is 57.7 Å². The molecule has 1 amide bonds. The Morgan fingerprint density at radius 3 is 2.54 bits per heavy atom. The number of sulfonamides is 1. The van der Waals surface area contributed by atoms with Crippen molar-refractivity contribution in [3.63, 3.8) is 0 Å². The van der Waals surface area contributed by atoms with E-state index in [4.69, 9.17) is 11.6 Å². The van der Waals surface area contributed by atoms with Crippen LogP contribution in [0.25, 0.3) is 0 Å². The second kappa shape index (κ2) is 7.29. The summed E-state index contributed by atoms with van der Waals surface area (Å²) in [5.74, 6) is -0.209. The second-order valence-electron chi connectivity index (χ2n) is 6.53. The van der Waals surface area contributed by atoms with Gasteiger partial charge in [0.15, 0.2) is 0 Å². The lowest BCUT2D eigenvalue weighted by atomic mass is 10.00. The van der Waals surface area contributed by atoms with E-state index in [1.165, 1.54) is 5.56 Å². The van der Waals surface area contributed by atoms with Crippen molar-refractivity contribution in [1.82, 2.24) is 4.90 Å². The molecule has 1 aliphatic rings. The Morgan fingerprint density at radius 2 is 1.88 bits per heavy atom. The van der Waals surface area contributed by atoms with E-state index in [0.717, 1.165) is 22.5 Å². The van der Waals surface area contributed by atoms with Gasteiger partial charge in [0, 0.05) is 18.1 Å². The Bertz CT molecular complexity index is 944. The minimum absolute atomic E-state index is 0.209. The number of rotatable bonds is 4. The van der Waals surface area contributed by atoms with Gasteiger partial charge in [-0.15, -0.1) is 0 Å². The summed E-state index contributed by atoms with van der Waals surface area (Å²) in [5.41, 5.74) is 3.54. The third kappa shape index (κ3) is 4.02. The van der Waals surface area contributed by atoms with E-state index in [2.05, 4.69) is 6.07 Å². The summed E-state index contributed by atoms with van der Waals surface area (Å²) in [5, 5.41) is 0.527. The number of carbonyl (C=O) groups is 1. The molecule has 2 aromatic carbocycles. The molecule has 0 saturated carbocycles. The Labute approximate surface area is 159 Å². The molecule has 3 rings (SSSR count). The number of benzene rings is 2. The van der Waals surface area contributed by atoms with Crippen LogP contribution in [0.15, 0.2) is 42.5 Å². The molecular formula is C19H21ClN2O3S. The van der Waals surface area contributed by atoms with Crippen LogP contribution in [0, 0.1) is 6.92 Å². The SMILES string of the molecule is Cc1cc(Cl)ccc1N(CC(=O)N1CCc2ccccc2C1)S(C)(=O)=O. The fourth-order valence-corrected chi connectivity index (χ4v) is 4.34. The van der Waals surface area contributed by atoms with Gasteiger partial charge in [-0.05, 0) is 48.2 Å². The number of fused-ring (bicyclic) bond motifs is 1. The van der Waals surface area contributed by atoms with Gasteiger partial charge >= 0.3 is 0 Å². The summed E-state index contributed by atoms with van der Waals surface area (Å²) in [6.07, 6.45) is 1.89. The first-order valence-corrected chi connectivity index (χ1v) is 10.6. The molecule has 0 atom stereocenters. The van der Waals surface area contributed by atoms with Gasteiger partial charge in [-0.2, -0.15) is 0 Å². The monoisotopic (exact) mass is 392 g/mol. The first-order valence-electron chi connectivity index (χ1n) is 8.34. The Hall–Kier alpha value is -2.05. The fourth-order valence-electron chi connectivity index (χ4n) is 3.21. The molecular weight excluding hydrogens is 372 g/mol. The maximum Gasteiger partial charge on any atom is 0.243 e. The Balaban J connectivity index is 1.83. The van der Waals surface area contributed by atoms with E-state index in [-0.39, 0.29) is 12.5 Å². The fraction of sp³-hybridized carbons (Fsp3) is 0.316. The van der Waals surface area contributed by atoms with E-state index in [1.54, 1.807) is 30.0 Å². The molecule has 0 fully saturated rings. The smallest absolute Gasteiger partial charge is 0.243 e. The molecule has 0 aliphatic carbocycles. The number of hydrogen-bond acceptors (Lipinski definition) is 3. The van der Waals surface area contributed by atoms with Crippen LogP contribution in [0.4, 0.5) is 5.69 Å². The molecule has 0 spiro atoms. The number of amides is 1. The normalized spacial score (nSPS) is 14.0. The first kappa shape index (κ1) is 18.7. The van der Waals surface area contributed by atoms with Crippen LogP contribution < -0.4 is 4.31 Å². The van der Waals surface area contributed by atoms with Gasteiger partial charge in [-0.1, -0.05) is 35.9 Å². The highest BCUT2D eigenvalue weighted by Crippen LogP contribution is 2.26. The lowest BCUT2D eigenvalue weighted by molar-refractivity contribution is -0.130. The van der Waals surface area contributed by atoms with Crippen molar-refractivity contribution < 1.29 is 13.2 Å². The molecule has 1 heterocycles. The number of halogens is 1. The zero-order valence-electron chi connectivity index (χ0n) is 14.8. The highest BCUT2D eigenvalue weighted by Gasteiger charge is 2.27. The summed E-state index contributed by atoms with van der Waals surface area (Å²) in [6, 6.07) is 13.0. The first-order chi connectivity index (χ1) is 12.3. The van der Waals surface area contributed by atoms with E-state index in [0.29, 0.717) is 29.4 Å². The van der Waals surface area contributed by atoms with Gasteiger partial charge in [-0.3, -0.25) is 9.10 Å². The zero-order chi connectivity index (χ0) is 18.9. The second-order valence-corrected chi connectivity index (χ2v) is 8.88. The van der Waals surface area contributed by atoms with E-state index < -0.39 is 10.0 Å². The molecule has 0 saturated heterocycles. The molecule has 0 N–H and O–H groups in total. The predicted molar refractivity (Wildman–Crippen MR) is 104 cm³/mol. The Morgan fingerprint density at radius 1 is 1.19 bits per heavy atom. The van der Waals surface area contributed by atoms with Crippen LogP contribution in [-0.2, 0) is 27.8 Å². The van der Waals surface area contributed by atoms with Crippen molar-refractivity contribution in [2.24, 2.45) is 0 Å². The van der Waals surface area contributed by atoms with Crippen LogP contribution in [0.3, 0.4) is 0 Å². The number of carbonyl (C=O) groups excluding carboxylic acids is 1. The molecule has 26 heavy (non-hydrogen) atoms. The van der Waals surface area contributed by atoms with Gasteiger partial charge in [0.25, 0.3) is 0 Å². The van der Waals surface area contributed by atoms with Gasteiger partial charge in [0.1, 0.15) is 6.54 Å². The molecule has 2 aromatic rings. The number of anilines is 1. The van der Waals surface area contributed by atoms with Crippen molar-refractivity contribution in [1.29, 1.82) is 0 Å². The maximum absolute atomic E-state index is 12.8. The van der Waals surface area contributed by atoms with Crippen molar-refractivity contribution in [3.8, 4) is 0 Å². The molecule has 1 aliphatic heterocycles. The Kier molecular flexibility index (Phi) is 5.25. The van der Waals surface area contributed by atoms with Gasteiger partial charge in [-0.25, -0.2) is 8.42 Å². The lowest BCUT2D eigenvalue weighted by Crippen LogP contribution is -2.44. The molecule has 138 valence electrons. The third-order valence-electron chi connectivity index (χ3n) is 4.59. The van der Waals surface area contributed by atoms with E-state index >= 15 is 0 Å². The van der Waals surface area contributed by atoms with Crippen molar-refractivity contribution in [2.45, 2.75) is 19.9 Å². The molecule has 0 unspecified atom stereocenters. The van der Waals surface area contributed by atoms with E-state index in [1.807, 2.05) is 18.2 Å². The highest BCUT2D eigenvalue weighted by molar-refractivity contribution is 7.92. The molecule has 0 bridgehead atoms. The van der Waals surface area contributed by atoms with E-state index in [9.17, 15) is 13.2 Å². The average Bonchev–Trinajstić information content (AvgIpc) is 2.59. The molecule has 0 radical (unpaired) electrons. The number of nitrogens with zero attached hydrogens (tertiary/aromatic N) is 2. The van der Waals surface area contributed by atoms with Crippen LogP contribution in [0.1, 0.15) is 16.7 Å². The molecule has 5 nitrogen and oxygen atoms in total. The van der Waals surface area contributed by atoms with Crippen LogP contribution in [-0.4, -0.2) is 38.6 Å². The zero-order valence-corrected chi connectivity index (χ0v) is 16.3. The van der Waals surface area contributed by atoms with Crippen molar-refractivity contribution in [3.05, 3.63) is 64.2 Å². The third-order valence-corrected chi connectivity index (χ3v) is 5.95. The van der Waals surface area contributed by atoms with Crippen molar-refractivity contribution in [2.75, 3.05) is 23.7 Å². The number of aryl methyl sites for hydroxylation is 1. The minimum Gasteiger partial charge on any atom is -0.336 e. The summed E-state index contributed by atoms with van der Waals surface area (Å²) in [7, 11) is -3.60. The summed E-state index contributed by atoms with van der Waals surface area (Å²) < 4.78 is 25.8. The largest absolute Gasteiger partial charge is 0.336 e. The highest BCUT2D eigenvalue weighted by atomic mass is 35.5. The summed E-state index contributed by atoms with van der Waals surface area (Å²) in [6.45, 7) is 2.66. The lowest BCUT2D eigenvalue weighted by Gasteiger charge is -2.31. The number of hydrogen-bond donors (Lipinski definition) is 0. The van der Waals surface area contributed by atoms with Crippen LogP contribution in [0.2, 0.25) is 5.02 Å². The summed E-state index contributed by atoms with van der Waals surface area (Å²) in [4.78, 5) is 14.5. The van der Waals surface area contributed by atoms with Gasteiger partial charge in [0.05, 0.1) is 11.9 Å². The quantitative estimate of drug-likeness (QED) is 0.803. The molecule has 0 aromatic heterocycles. The maximum atomic E-state index is 12.8. The predicted octanol–water partition coefficient (Wildman–Crippen LogP) is 3.00. The van der Waals surface area contributed by atoms with Crippen LogP contribution >= 0.6 is 11.6 Å². The minimum atomic E-state index is -3.60. The molecule has 7 heteroatoms. The van der Waals surface area contributed by atoms with Crippen LogP contribution in [0.5, 0.6) is 0 Å². The summed E-state index contributed by atoms with van der Waals surface area (Å²) >= 11 is 5.97.